The van der Waals surface area contributed by atoms with Gasteiger partial charge in [0.05, 0.1) is 5.69 Å². The molecule has 27 heavy (non-hydrogen) atoms. The molecule has 0 aliphatic heterocycles. The lowest BCUT2D eigenvalue weighted by Gasteiger charge is -2.15. The summed E-state index contributed by atoms with van der Waals surface area (Å²) < 4.78 is 19.7. The molecule has 1 aromatic heterocycles. The molecular weight excluding hydrogens is 349 g/mol. The van der Waals surface area contributed by atoms with Crippen molar-refractivity contribution in [2.45, 2.75) is 20.0 Å². The Bertz CT molecular complexity index is 1020. The molecule has 1 atom stereocenters. The van der Waals surface area contributed by atoms with Gasteiger partial charge in [0.25, 0.3) is 11.5 Å². The predicted molar refractivity (Wildman–Crippen MR) is 99.7 cm³/mol. The number of amides is 1. The van der Waals surface area contributed by atoms with Gasteiger partial charge in [-0.05, 0) is 49.7 Å². The summed E-state index contributed by atoms with van der Waals surface area (Å²) >= 11 is 0. The highest BCUT2D eigenvalue weighted by Gasteiger charge is 2.17. The first-order chi connectivity index (χ1) is 12.9. The van der Waals surface area contributed by atoms with Gasteiger partial charge in [-0.15, -0.1) is 5.10 Å². The lowest BCUT2D eigenvalue weighted by atomic mass is 10.2. The molecule has 7 heteroatoms. The summed E-state index contributed by atoms with van der Waals surface area (Å²) in [4.78, 5) is 24.4. The fraction of sp³-hybridized carbons (Fsp3) is 0.150. The van der Waals surface area contributed by atoms with E-state index in [9.17, 15) is 14.0 Å². The minimum Gasteiger partial charge on any atom is -0.463 e. The fourth-order valence-corrected chi connectivity index (χ4v) is 2.41. The van der Waals surface area contributed by atoms with Crippen molar-refractivity contribution in [2.24, 2.45) is 0 Å². The molecule has 0 unspecified atom stereocenters. The smallest absolute Gasteiger partial charge is 0.271 e. The minimum absolute atomic E-state index is 0.103. The fourth-order valence-electron chi connectivity index (χ4n) is 2.41. The van der Waals surface area contributed by atoms with Gasteiger partial charge in [-0.2, -0.15) is 4.68 Å². The van der Waals surface area contributed by atoms with E-state index in [4.69, 9.17) is 4.74 Å². The molecule has 0 bridgehead atoms. The van der Waals surface area contributed by atoms with Gasteiger partial charge in [0.15, 0.2) is 6.10 Å². The molecule has 0 radical (unpaired) electrons. The van der Waals surface area contributed by atoms with E-state index in [2.05, 4.69) is 10.4 Å². The van der Waals surface area contributed by atoms with Gasteiger partial charge in [0, 0.05) is 17.8 Å². The van der Waals surface area contributed by atoms with Crippen molar-refractivity contribution >= 4 is 11.6 Å². The molecule has 0 spiro atoms. The van der Waals surface area contributed by atoms with Crippen LogP contribution in [0.5, 0.6) is 5.88 Å². The molecule has 0 aliphatic rings. The normalized spacial score (nSPS) is 11.7. The van der Waals surface area contributed by atoms with Crippen LogP contribution < -0.4 is 15.6 Å². The van der Waals surface area contributed by atoms with Gasteiger partial charge in [-0.3, -0.25) is 9.59 Å². The third kappa shape index (κ3) is 4.38. The first kappa shape index (κ1) is 18.3. The predicted octanol–water partition coefficient (Wildman–Crippen LogP) is 3.09. The van der Waals surface area contributed by atoms with Crippen LogP contribution in [-0.4, -0.2) is 21.8 Å². The number of hydrogen-bond donors (Lipinski definition) is 1. The van der Waals surface area contributed by atoms with Gasteiger partial charge in [0.1, 0.15) is 5.82 Å². The van der Waals surface area contributed by atoms with Crippen molar-refractivity contribution in [3.05, 3.63) is 82.4 Å². The topological polar surface area (TPSA) is 73.2 Å². The van der Waals surface area contributed by atoms with Crippen LogP contribution in [0.1, 0.15) is 12.5 Å². The molecule has 0 aliphatic carbocycles. The second kappa shape index (κ2) is 7.82. The van der Waals surface area contributed by atoms with Crippen molar-refractivity contribution in [2.75, 3.05) is 5.32 Å². The van der Waals surface area contributed by atoms with Crippen LogP contribution >= 0.6 is 0 Å². The molecular formula is C20H18FN3O3. The molecule has 1 N–H and O–H groups in total. The Labute approximate surface area is 155 Å². The Morgan fingerprint density at radius 3 is 2.52 bits per heavy atom. The Morgan fingerprint density at radius 1 is 1.11 bits per heavy atom. The monoisotopic (exact) mass is 367 g/mol. The van der Waals surface area contributed by atoms with Gasteiger partial charge >= 0.3 is 0 Å². The number of carbonyl (C=O) groups is 1. The number of rotatable bonds is 5. The second-order valence-electron chi connectivity index (χ2n) is 5.96. The van der Waals surface area contributed by atoms with E-state index in [0.717, 1.165) is 10.2 Å². The number of nitrogens with zero attached hydrogens (tertiary/aromatic N) is 2. The Balaban J connectivity index is 1.76. The van der Waals surface area contributed by atoms with Crippen LogP contribution in [0.4, 0.5) is 10.1 Å². The van der Waals surface area contributed by atoms with Crippen LogP contribution in [0, 0.1) is 12.7 Å². The first-order valence-electron chi connectivity index (χ1n) is 8.33. The van der Waals surface area contributed by atoms with E-state index in [1.165, 1.54) is 36.4 Å². The maximum atomic E-state index is 13.1. The maximum Gasteiger partial charge on any atom is 0.271 e. The summed E-state index contributed by atoms with van der Waals surface area (Å²) in [6.45, 7) is 3.48. The van der Waals surface area contributed by atoms with E-state index in [1.54, 1.807) is 13.0 Å². The van der Waals surface area contributed by atoms with Crippen LogP contribution in [0.25, 0.3) is 5.69 Å². The molecule has 1 heterocycles. The molecule has 3 rings (SSSR count). The third-order valence-corrected chi connectivity index (χ3v) is 3.92. The van der Waals surface area contributed by atoms with Gasteiger partial charge < -0.3 is 10.1 Å². The molecule has 3 aromatic rings. The number of benzene rings is 2. The van der Waals surface area contributed by atoms with Crippen molar-refractivity contribution < 1.29 is 13.9 Å². The zero-order chi connectivity index (χ0) is 19.4. The largest absolute Gasteiger partial charge is 0.463 e. The summed E-state index contributed by atoms with van der Waals surface area (Å²) in [7, 11) is 0. The van der Waals surface area contributed by atoms with Crippen LogP contribution in [0.15, 0.2) is 65.5 Å². The van der Waals surface area contributed by atoms with Gasteiger partial charge in [-0.25, -0.2) is 4.39 Å². The highest BCUT2D eigenvalue weighted by Crippen LogP contribution is 2.15. The summed E-state index contributed by atoms with van der Waals surface area (Å²) in [5.41, 5.74) is 1.62. The van der Waals surface area contributed by atoms with E-state index in [-0.39, 0.29) is 11.8 Å². The lowest BCUT2D eigenvalue weighted by Crippen LogP contribution is -2.31. The summed E-state index contributed by atoms with van der Waals surface area (Å²) in [5.74, 6) is -0.655. The van der Waals surface area contributed by atoms with Crippen LogP contribution in [0.2, 0.25) is 0 Å². The molecule has 1 amide bonds. The van der Waals surface area contributed by atoms with Crippen molar-refractivity contribution in [3.63, 3.8) is 0 Å². The summed E-state index contributed by atoms with van der Waals surface area (Å²) in [6.07, 6.45) is -0.837. The molecule has 0 saturated heterocycles. The Hall–Kier alpha value is -3.48. The molecule has 6 nitrogen and oxygen atoms in total. The van der Waals surface area contributed by atoms with E-state index >= 15 is 0 Å². The molecule has 138 valence electrons. The number of aromatic nitrogens is 2. The Kier molecular flexibility index (Phi) is 5.30. The highest BCUT2D eigenvalue weighted by atomic mass is 19.1. The summed E-state index contributed by atoms with van der Waals surface area (Å²) in [6, 6.07) is 15.4. The SMILES string of the molecule is Cc1ccccc1NC(=O)[C@H](C)Oc1ccc(=O)n(-c2ccc(F)cc2)n1. The number of hydrogen-bond acceptors (Lipinski definition) is 4. The zero-order valence-electron chi connectivity index (χ0n) is 14.8. The Morgan fingerprint density at radius 2 is 1.81 bits per heavy atom. The first-order valence-corrected chi connectivity index (χ1v) is 8.33. The van der Waals surface area contributed by atoms with Crippen molar-refractivity contribution in [3.8, 4) is 11.6 Å². The van der Waals surface area contributed by atoms with Crippen molar-refractivity contribution in [1.82, 2.24) is 9.78 Å². The van der Waals surface area contributed by atoms with E-state index in [1.807, 2.05) is 25.1 Å². The quantitative estimate of drug-likeness (QED) is 0.752. The third-order valence-electron chi connectivity index (χ3n) is 3.92. The minimum atomic E-state index is -0.837. The highest BCUT2D eigenvalue weighted by molar-refractivity contribution is 5.94. The number of ether oxygens (including phenoxy) is 1. The zero-order valence-corrected chi connectivity index (χ0v) is 14.8. The second-order valence-corrected chi connectivity index (χ2v) is 5.96. The molecule has 0 saturated carbocycles. The van der Waals surface area contributed by atoms with Gasteiger partial charge in [0.2, 0.25) is 5.88 Å². The number of halogens is 1. The average molecular weight is 367 g/mol. The molecule has 2 aromatic carbocycles. The number of nitrogens with one attached hydrogen (secondary N) is 1. The standard InChI is InChI=1S/C20H18FN3O3/c1-13-5-3-4-6-17(13)22-20(26)14(2)27-18-11-12-19(25)24(23-18)16-9-7-15(21)8-10-16/h3-12,14H,1-2H3,(H,22,26)/t14-/m0/s1. The lowest BCUT2D eigenvalue weighted by molar-refractivity contribution is -0.122. The van der Waals surface area contributed by atoms with Crippen molar-refractivity contribution in [1.29, 1.82) is 0 Å². The maximum absolute atomic E-state index is 13.1. The molecule has 0 fully saturated rings. The van der Waals surface area contributed by atoms with E-state index in [0.29, 0.717) is 11.4 Å². The number of carbonyl (C=O) groups excluding carboxylic acids is 1. The van der Waals surface area contributed by atoms with E-state index < -0.39 is 17.5 Å². The van der Waals surface area contributed by atoms with Crippen LogP contribution in [-0.2, 0) is 4.79 Å². The van der Waals surface area contributed by atoms with Crippen LogP contribution in [0.3, 0.4) is 0 Å². The number of para-hydroxylation sites is 1. The average Bonchev–Trinajstić information content (AvgIpc) is 2.66. The number of anilines is 1. The number of aryl methyl sites for hydroxylation is 1. The van der Waals surface area contributed by atoms with Gasteiger partial charge in [-0.1, -0.05) is 18.2 Å². The summed E-state index contributed by atoms with van der Waals surface area (Å²) in [5, 5.41) is 6.89.